The topological polar surface area (TPSA) is 70.5 Å². The lowest BCUT2D eigenvalue weighted by atomic mass is 9.92. The summed E-state index contributed by atoms with van der Waals surface area (Å²) in [7, 11) is 1.83. The summed E-state index contributed by atoms with van der Waals surface area (Å²) in [5.41, 5.74) is 1.05. The molecular weight excluding hydrogens is 398 g/mol. The van der Waals surface area contributed by atoms with E-state index >= 15 is 0 Å². The highest BCUT2D eigenvalue weighted by atomic mass is 32.2. The molecule has 2 fully saturated rings. The summed E-state index contributed by atoms with van der Waals surface area (Å²) in [6, 6.07) is 1.76. The van der Waals surface area contributed by atoms with Crippen LogP contribution in [0, 0.1) is 0 Å². The fraction of sp³-hybridized carbons (Fsp3) is 0.682. The van der Waals surface area contributed by atoms with Gasteiger partial charge in [-0.25, -0.2) is 0 Å². The zero-order valence-corrected chi connectivity index (χ0v) is 19.7. The smallest absolute Gasteiger partial charge is 0.272 e. The predicted molar refractivity (Wildman–Crippen MR) is 122 cm³/mol. The van der Waals surface area contributed by atoms with Crippen molar-refractivity contribution in [1.29, 1.82) is 0 Å². The molecule has 2 aliphatic rings. The zero-order valence-electron chi connectivity index (χ0n) is 18.9. The zero-order chi connectivity index (χ0) is 22.1. The summed E-state index contributed by atoms with van der Waals surface area (Å²) in [4.78, 5) is 30.0. The molecule has 1 aromatic heterocycles. The van der Waals surface area contributed by atoms with Gasteiger partial charge in [-0.3, -0.25) is 19.6 Å². The minimum atomic E-state index is -0.381. The normalized spacial score (nSPS) is 21.5. The molecule has 1 N–H and O–H groups in total. The van der Waals surface area contributed by atoms with Crippen molar-refractivity contribution in [2.45, 2.75) is 57.2 Å². The third-order valence-corrected chi connectivity index (χ3v) is 6.84. The number of nitrogens with zero attached hydrogens (tertiary/aromatic N) is 4. The molecular formula is C22H35N5O2S. The van der Waals surface area contributed by atoms with Gasteiger partial charge in [0.1, 0.15) is 5.69 Å². The van der Waals surface area contributed by atoms with E-state index in [2.05, 4.69) is 44.0 Å². The number of aromatic nitrogens is 2. The molecule has 7 nitrogen and oxygen atoms in total. The second-order valence-corrected chi connectivity index (χ2v) is 10.3. The van der Waals surface area contributed by atoms with Gasteiger partial charge in [0.2, 0.25) is 5.91 Å². The Morgan fingerprint density at radius 3 is 2.60 bits per heavy atom. The summed E-state index contributed by atoms with van der Waals surface area (Å²) in [5, 5.41) is 8.16. The molecule has 30 heavy (non-hydrogen) atoms. The van der Waals surface area contributed by atoms with E-state index in [0.29, 0.717) is 25.3 Å². The van der Waals surface area contributed by atoms with Crippen LogP contribution in [0.3, 0.4) is 0 Å². The largest absolute Gasteiger partial charge is 0.337 e. The number of piperidine rings is 1. The molecule has 166 valence electrons. The van der Waals surface area contributed by atoms with Gasteiger partial charge in [-0.15, -0.1) is 6.58 Å². The highest BCUT2D eigenvalue weighted by Crippen LogP contribution is 2.34. The first-order chi connectivity index (χ1) is 14.1. The van der Waals surface area contributed by atoms with E-state index < -0.39 is 0 Å². The first-order valence-corrected chi connectivity index (χ1v) is 12.0. The van der Waals surface area contributed by atoms with Crippen molar-refractivity contribution in [2.75, 3.05) is 31.6 Å². The number of likely N-dealkylation sites (tertiary alicyclic amines) is 1. The van der Waals surface area contributed by atoms with Gasteiger partial charge in [-0.1, -0.05) is 26.8 Å². The highest BCUT2D eigenvalue weighted by molar-refractivity contribution is 7.98. The SMILES string of the molecule is C=CCN1C(=O)C(CCSC)NC12CCN(C(=O)c1cc(C(C)(C)C)nn1C)CC2. The van der Waals surface area contributed by atoms with E-state index in [4.69, 9.17) is 0 Å². The molecule has 1 spiro atoms. The van der Waals surface area contributed by atoms with Crippen LogP contribution in [-0.2, 0) is 17.3 Å². The maximum atomic E-state index is 13.2. The van der Waals surface area contributed by atoms with Crippen molar-refractivity contribution in [2.24, 2.45) is 7.05 Å². The fourth-order valence-electron chi connectivity index (χ4n) is 4.38. The number of carbonyl (C=O) groups excluding carboxylic acids is 2. The Morgan fingerprint density at radius 1 is 1.40 bits per heavy atom. The molecule has 3 rings (SSSR count). The number of thioether (sulfide) groups is 1. The molecule has 0 radical (unpaired) electrons. The van der Waals surface area contributed by atoms with Crippen molar-refractivity contribution in [3.05, 3.63) is 30.1 Å². The first kappa shape index (κ1) is 22.9. The minimum Gasteiger partial charge on any atom is -0.337 e. The van der Waals surface area contributed by atoms with Crippen LogP contribution in [-0.4, -0.2) is 74.7 Å². The second kappa shape index (κ2) is 8.75. The van der Waals surface area contributed by atoms with E-state index in [9.17, 15) is 9.59 Å². The number of hydrogen-bond acceptors (Lipinski definition) is 5. The number of rotatable bonds is 6. The van der Waals surface area contributed by atoms with Crippen LogP contribution in [0.5, 0.6) is 0 Å². The van der Waals surface area contributed by atoms with Crippen LogP contribution in [0.1, 0.15) is 56.2 Å². The lowest BCUT2D eigenvalue weighted by Gasteiger charge is -2.44. The predicted octanol–water partition coefficient (Wildman–Crippen LogP) is 2.39. The summed E-state index contributed by atoms with van der Waals surface area (Å²) in [6.07, 6.45) is 6.11. The molecule has 1 aromatic rings. The number of amides is 2. The summed E-state index contributed by atoms with van der Waals surface area (Å²) >= 11 is 1.75. The number of nitrogens with one attached hydrogen (secondary N) is 1. The molecule has 8 heteroatoms. The molecule has 2 amide bonds. The van der Waals surface area contributed by atoms with Crippen molar-refractivity contribution in [3.63, 3.8) is 0 Å². The third kappa shape index (κ3) is 4.30. The van der Waals surface area contributed by atoms with Gasteiger partial charge in [0, 0.05) is 44.9 Å². The quantitative estimate of drug-likeness (QED) is 0.698. The lowest BCUT2D eigenvalue weighted by molar-refractivity contribution is -0.132. The Balaban J connectivity index is 1.73. The van der Waals surface area contributed by atoms with Gasteiger partial charge < -0.3 is 9.80 Å². The van der Waals surface area contributed by atoms with E-state index in [0.717, 1.165) is 30.7 Å². The summed E-state index contributed by atoms with van der Waals surface area (Å²) < 4.78 is 1.69. The molecule has 1 atom stereocenters. The Morgan fingerprint density at radius 2 is 2.07 bits per heavy atom. The third-order valence-electron chi connectivity index (χ3n) is 6.19. The maximum absolute atomic E-state index is 13.2. The average Bonchev–Trinajstić information content (AvgIpc) is 3.20. The van der Waals surface area contributed by atoms with E-state index in [1.807, 2.05) is 22.9 Å². The summed E-state index contributed by atoms with van der Waals surface area (Å²) in [5.74, 6) is 1.11. The molecule has 3 heterocycles. The summed E-state index contributed by atoms with van der Waals surface area (Å²) in [6.45, 7) is 11.9. The van der Waals surface area contributed by atoms with Crippen molar-refractivity contribution in [3.8, 4) is 0 Å². The van der Waals surface area contributed by atoms with E-state index in [1.165, 1.54) is 0 Å². The lowest BCUT2D eigenvalue weighted by Crippen LogP contribution is -2.59. The molecule has 0 aliphatic carbocycles. The minimum absolute atomic E-state index is 0.00822. The van der Waals surface area contributed by atoms with Gasteiger partial charge in [-0.05, 0) is 24.5 Å². The van der Waals surface area contributed by atoms with Gasteiger partial charge in [0.05, 0.1) is 17.4 Å². The van der Waals surface area contributed by atoms with Crippen LogP contribution in [0.15, 0.2) is 18.7 Å². The molecule has 0 bridgehead atoms. The average molecular weight is 434 g/mol. The molecule has 0 aromatic carbocycles. The second-order valence-electron chi connectivity index (χ2n) is 9.33. The van der Waals surface area contributed by atoms with E-state index in [-0.39, 0.29) is 28.9 Å². The van der Waals surface area contributed by atoms with Crippen molar-refractivity contribution < 1.29 is 9.59 Å². The highest BCUT2D eigenvalue weighted by Gasteiger charge is 2.51. The number of carbonyl (C=O) groups is 2. The van der Waals surface area contributed by atoms with Crippen LogP contribution < -0.4 is 5.32 Å². The van der Waals surface area contributed by atoms with Crippen LogP contribution in [0.4, 0.5) is 0 Å². The van der Waals surface area contributed by atoms with Gasteiger partial charge in [0.15, 0.2) is 0 Å². The van der Waals surface area contributed by atoms with Gasteiger partial charge in [0.25, 0.3) is 5.91 Å². The number of hydrogen-bond donors (Lipinski definition) is 1. The fourth-order valence-corrected chi connectivity index (χ4v) is 4.85. The van der Waals surface area contributed by atoms with Crippen LogP contribution in [0.25, 0.3) is 0 Å². The van der Waals surface area contributed by atoms with Gasteiger partial charge >= 0.3 is 0 Å². The standard InChI is InChI=1S/C22H35N5O2S/c1-7-11-27-19(28)16(8-14-30-6)23-22(27)9-12-26(13-10-22)20(29)17-15-18(21(2,3)4)24-25(17)5/h7,15-16,23H,1,8-14H2,2-6H3. The first-order valence-electron chi connectivity index (χ1n) is 10.7. The maximum Gasteiger partial charge on any atom is 0.272 e. The molecule has 1 unspecified atom stereocenters. The van der Waals surface area contributed by atoms with Crippen LogP contribution in [0.2, 0.25) is 0 Å². The Hall–Kier alpha value is -1.80. The number of aryl methyl sites for hydroxylation is 1. The molecule has 0 saturated carbocycles. The van der Waals surface area contributed by atoms with Crippen molar-refractivity contribution in [1.82, 2.24) is 24.9 Å². The van der Waals surface area contributed by atoms with Gasteiger partial charge in [-0.2, -0.15) is 16.9 Å². The molecule has 2 saturated heterocycles. The van der Waals surface area contributed by atoms with Crippen molar-refractivity contribution >= 4 is 23.6 Å². The Bertz CT molecular complexity index is 805. The van der Waals surface area contributed by atoms with E-state index in [1.54, 1.807) is 22.5 Å². The Kier molecular flexibility index (Phi) is 6.67. The Labute approximate surface area is 184 Å². The monoisotopic (exact) mass is 433 g/mol. The van der Waals surface area contributed by atoms with Crippen LogP contribution >= 0.6 is 11.8 Å². The molecule has 2 aliphatic heterocycles.